The largest absolute Gasteiger partial charge is 0.358 e. The molecule has 2 unspecified atom stereocenters. The van der Waals surface area contributed by atoms with Gasteiger partial charge in [-0.2, -0.15) is 0 Å². The molecule has 4 fully saturated rings. The minimum absolute atomic E-state index is 0.0736. The predicted molar refractivity (Wildman–Crippen MR) is 110 cm³/mol. The lowest BCUT2D eigenvalue weighted by molar-refractivity contribution is -0.179. The van der Waals surface area contributed by atoms with Gasteiger partial charge in [0.25, 0.3) is 0 Å². The van der Waals surface area contributed by atoms with Crippen molar-refractivity contribution in [1.29, 1.82) is 0 Å². The summed E-state index contributed by atoms with van der Waals surface area (Å²) in [6, 6.07) is 6.43. The van der Waals surface area contributed by atoms with E-state index in [9.17, 15) is 9.59 Å². The Hall–Kier alpha value is -1.57. The normalized spacial score (nSPS) is 35.8. The fourth-order valence-corrected chi connectivity index (χ4v) is 7.10. The molecule has 4 saturated heterocycles. The third-order valence-electron chi connectivity index (χ3n) is 7.85. The molecule has 2 N–H and O–H groups in total. The predicted octanol–water partition coefficient (Wildman–Crippen LogP) is 2.86. The highest BCUT2D eigenvalue weighted by molar-refractivity contribution is 14.1. The van der Waals surface area contributed by atoms with Crippen LogP contribution >= 0.6 is 22.6 Å². The van der Waals surface area contributed by atoms with E-state index in [-0.39, 0.29) is 23.1 Å². The van der Waals surface area contributed by atoms with E-state index in [1.54, 1.807) is 0 Å². The Morgan fingerprint density at radius 2 is 2.07 bits per heavy atom. The number of aromatic nitrogens is 1. The lowest BCUT2D eigenvalue weighted by atomic mass is 9.51. The van der Waals surface area contributed by atoms with Crippen LogP contribution in [0.15, 0.2) is 18.2 Å². The first-order chi connectivity index (χ1) is 12.8. The second-order valence-corrected chi connectivity index (χ2v) is 10.6. The van der Waals surface area contributed by atoms with Crippen LogP contribution < -0.4 is 5.32 Å². The van der Waals surface area contributed by atoms with E-state index in [1.807, 2.05) is 4.90 Å². The van der Waals surface area contributed by atoms with Gasteiger partial charge in [-0.05, 0) is 59.5 Å². The molecule has 0 radical (unpaired) electrons. The quantitative estimate of drug-likeness (QED) is 0.576. The van der Waals surface area contributed by atoms with Gasteiger partial charge in [0, 0.05) is 44.5 Å². The molecule has 3 atom stereocenters. The van der Waals surface area contributed by atoms with E-state index in [0.717, 1.165) is 31.3 Å². The number of nitrogens with one attached hydrogen (secondary N) is 2. The van der Waals surface area contributed by atoms with Gasteiger partial charge in [0.1, 0.15) is 11.1 Å². The topological polar surface area (TPSA) is 65.2 Å². The summed E-state index contributed by atoms with van der Waals surface area (Å²) in [5, 5.41) is 4.44. The van der Waals surface area contributed by atoms with E-state index >= 15 is 0 Å². The third-order valence-corrected chi connectivity index (χ3v) is 8.52. The maximum absolute atomic E-state index is 13.7. The van der Waals surface area contributed by atoms with Crippen LogP contribution in [0.5, 0.6) is 0 Å². The molecule has 2 spiro atoms. The van der Waals surface area contributed by atoms with Crippen LogP contribution in [-0.4, -0.2) is 39.3 Å². The van der Waals surface area contributed by atoms with Crippen molar-refractivity contribution in [2.75, 3.05) is 6.54 Å². The standard InChI is InChI=1S/C21H22IN3O2/c1-19(2)15-10-20-6-3-7-25(20)18(27)21(15,24-17(20)26)9-13-12-5-4-11(22)8-14(12)23-16(13)19/h4-5,8,15,23H,3,6-7,9-10H2,1-2H3,(H,24,26)/t15?,20?,21-/m0/s1. The number of hydrogen-bond acceptors (Lipinski definition) is 2. The number of halogens is 1. The molecule has 1 aromatic carbocycles. The SMILES string of the molecule is CC1(C)c2[nH]c3cc(I)ccc3c2C[C@@]23NC(=O)C4(CCCN4C2=O)CC13. The number of piperidine rings is 2. The highest BCUT2D eigenvalue weighted by atomic mass is 127. The maximum Gasteiger partial charge on any atom is 0.249 e. The van der Waals surface area contributed by atoms with E-state index in [2.05, 4.69) is 64.9 Å². The molecule has 6 heteroatoms. The highest BCUT2D eigenvalue weighted by Gasteiger charge is 2.72. The molecule has 4 aliphatic heterocycles. The summed E-state index contributed by atoms with van der Waals surface area (Å²) < 4.78 is 1.19. The molecule has 2 amide bonds. The Labute approximate surface area is 171 Å². The van der Waals surface area contributed by atoms with Crippen molar-refractivity contribution in [3.63, 3.8) is 0 Å². The number of H-pyrrole nitrogens is 1. The van der Waals surface area contributed by atoms with Gasteiger partial charge in [-0.1, -0.05) is 19.9 Å². The Morgan fingerprint density at radius 1 is 1.26 bits per heavy atom. The summed E-state index contributed by atoms with van der Waals surface area (Å²) in [4.78, 5) is 32.4. The summed E-state index contributed by atoms with van der Waals surface area (Å²) in [6.07, 6.45) is 3.10. The van der Waals surface area contributed by atoms with Crippen molar-refractivity contribution in [3.8, 4) is 0 Å². The van der Waals surface area contributed by atoms with Gasteiger partial charge >= 0.3 is 0 Å². The van der Waals surface area contributed by atoms with E-state index in [0.29, 0.717) is 6.42 Å². The monoisotopic (exact) mass is 475 g/mol. The van der Waals surface area contributed by atoms with Gasteiger partial charge in [-0.25, -0.2) is 0 Å². The first-order valence-corrected chi connectivity index (χ1v) is 10.8. The number of hydrogen-bond donors (Lipinski definition) is 2. The summed E-state index contributed by atoms with van der Waals surface area (Å²) in [5.41, 5.74) is 1.96. The molecule has 140 valence electrons. The van der Waals surface area contributed by atoms with E-state index < -0.39 is 11.1 Å². The number of piperazine rings is 1. The third kappa shape index (κ3) is 1.68. The Bertz CT molecular complexity index is 1060. The molecule has 27 heavy (non-hydrogen) atoms. The van der Waals surface area contributed by atoms with Crippen LogP contribution in [0.25, 0.3) is 10.9 Å². The number of benzene rings is 1. The van der Waals surface area contributed by atoms with Crippen LogP contribution in [-0.2, 0) is 21.4 Å². The summed E-state index contributed by atoms with van der Waals surface area (Å²) in [5.74, 6) is 0.336. The number of rotatable bonds is 0. The zero-order chi connectivity index (χ0) is 18.8. The molecule has 2 bridgehead atoms. The molecule has 1 aliphatic carbocycles. The number of nitrogens with zero attached hydrogens (tertiary/aromatic N) is 1. The summed E-state index contributed by atoms with van der Waals surface area (Å²) >= 11 is 2.33. The van der Waals surface area contributed by atoms with Gasteiger partial charge in [-0.3, -0.25) is 9.59 Å². The molecular formula is C21H22IN3O2. The Morgan fingerprint density at radius 3 is 2.89 bits per heavy atom. The number of carbonyl (C=O) groups excluding carboxylic acids is 2. The number of fused-ring (bicyclic) bond motifs is 4. The molecule has 1 aromatic heterocycles. The van der Waals surface area contributed by atoms with Crippen LogP contribution in [0.3, 0.4) is 0 Å². The molecule has 5 nitrogen and oxygen atoms in total. The first-order valence-electron chi connectivity index (χ1n) is 9.75. The Kier molecular flexibility index (Phi) is 2.85. The number of aromatic amines is 1. The molecule has 5 heterocycles. The minimum Gasteiger partial charge on any atom is -0.358 e. The maximum atomic E-state index is 13.7. The molecule has 7 rings (SSSR count). The van der Waals surface area contributed by atoms with Gasteiger partial charge < -0.3 is 15.2 Å². The van der Waals surface area contributed by atoms with Gasteiger partial charge in [0.05, 0.1) is 0 Å². The van der Waals surface area contributed by atoms with E-state index in [1.165, 1.54) is 20.2 Å². The zero-order valence-corrected chi connectivity index (χ0v) is 17.6. The van der Waals surface area contributed by atoms with Crippen molar-refractivity contribution in [2.24, 2.45) is 5.92 Å². The molecular weight excluding hydrogens is 453 g/mol. The van der Waals surface area contributed by atoms with Crippen molar-refractivity contribution in [2.45, 2.75) is 56.0 Å². The average molecular weight is 475 g/mol. The lowest BCUT2D eigenvalue weighted by Gasteiger charge is -2.64. The summed E-state index contributed by atoms with van der Waals surface area (Å²) in [7, 11) is 0. The lowest BCUT2D eigenvalue weighted by Crippen LogP contribution is -2.84. The average Bonchev–Trinajstić information content (AvgIpc) is 3.19. The van der Waals surface area contributed by atoms with Crippen LogP contribution in [0.1, 0.15) is 44.4 Å². The van der Waals surface area contributed by atoms with Crippen molar-refractivity contribution >= 4 is 45.3 Å². The van der Waals surface area contributed by atoms with Gasteiger partial charge in [0.15, 0.2) is 0 Å². The first kappa shape index (κ1) is 16.4. The van der Waals surface area contributed by atoms with Crippen molar-refractivity contribution in [3.05, 3.63) is 33.0 Å². The smallest absolute Gasteiger partial charge is 0.249 e. The Balaban J connectivity index is 1.63. The highest BCUT2D eigenvalue weighted by Crippen LogP contribution is 2.59. The van der Waals surface area contributed by atoms with Crippen molar-refractivity contribution in [1.82, 2.24) is 15.2 Å². The minimum atomic E-state index is -0.794. The zero-order valence-electron chi connectivity index (χ0n) is 15.5. The molecule has 0 saturated carbocycles. The number of carbonyl (C=O) groups is 2. The van der Waals surface area contributed by atoms with Crippen LogP contribution in [0.2, 0.25) is 0 Å². The molecule has 5 aliphatic rings. The summed E-state index contributed by atoms with van der Waals surface area (Å²) in [6.45, 7) is 5.21. The fourth-order valence-electron chi connectivity index (χ4n) is 6.61. The van der Waals surface area contributed by atoms with Gasteiger partial charge in [0.2, 0.25) is 11.8 Å². The molecule has 2 aromatic rings. The van der Waals surface area contributed by atoms with Gasteiger partial charge in [-0.15, -0.1) is 0 Å². The number of amides is 2. The van der Waals surface area contributed by atoms with Crippen LogP contribution in [0, 0.1) is 9.49 Å². The van der Waals surface area contributed by atoms with Crippen LogP contribution in [0.4, 0.5) is 0 Å². The van der Waals surface area contributed by atoms with Crippen molar-refractivity contribution < 1.29 is 9.59 Å². The fraction of sp³-hybridized carbons (Fsp3) is 0.524. The second kappa shape index (κ2) is 4.70. The van der Waals surface area contributed by atoms with E-state index in [4.69, 9.17) is 0 Å². The second-order valence-electron chi connectivity index (χ2n) is 9.34.